The third-order valence-corrected chi connectivity index (χ3v) is 1.62. The van der Waals surface area contributed by atoms with E-state index >= 15 is 0 Å². The number of hydrogen-bond donors (Lipinski definition) is 2. The molecule has 0 aliphatic carbocycles. The van der Waals surface area contributed by atoms with Crippen LogP contribution >= 0.6 is 0 Å². The first-order valence-electron chi connectivity index (χ1n) is 3.66. The Morgan fingerprint density at radius 2 is 1.75 bits per heavy atom. The van der Waals surface area contributed by atoms with Gasteiger partial charge in [0.15, 0.2) is 10.3 Å². The maximum absolute atomic E-state index is 10.1. The van der Waals surface area contributed by atoms with Crippen molar-refractivity contribution in [1.29, 1.82) is 0 Å². The van der Waals surface area contributed by atoms with Gasteiger partial charge >= 0.3 is 0 Å². The lowest BCUT2D eigenvalue weighted by molar-refractivity contribution is 0.417. The van der Waals surface area contributed by atoms with E-state index in [0.717, 1.165) is 0 Å². The summed E-state index contributed by atoms with van der Waals surface area (Å²) >= 11 is 0. The molecule has 0 fully saturated rings. The lowest BCUT2D eigenvalue weighted by Gasteiger charge is -2.20. The van der Waals surface area contributed by atoms with Gasteiger partial charge in [-0.15, -0.1) is 0 Å². The molecular formula is C6H15N2O3S-. The van der Waals surface area contributed by atoms with E-state index in [1.165, 1.54) is 0 Å². The van der Waals surface area contributed by atoms with Crippen LogP contribution in [-0.2, 0) is 10.3 Å². The summed E-state index contributed by atoms with van der Waals surface area (Å²) in [6, 6.07) is 0. The zero-order chi connectivity index (χ0) is 9.83. The highest BCUT2D eigenvalue weighted by Gasteiger charge is 2.07. The van der Waals surface area contributed by atoms with Crippen LogP contribution in [0.25, 0.3) is 0 Å². The molecule has 0 spiro atoms. The van der Waals surface area contributed by atoms with Crippen molar-refractivity contribution < 1.29 is 13.0 Å². The molecule has 12 heavy (non-hydrogen) atoms. The maximum atomic E-state index is 10.1. The Kier molecular flexibility index (Phi) is 4.12. The van der Waals surface area contributed by atoms with Gasteiger partial charge < -0.3 is 9.87 Å². The zero-order valence-corrected chi connectivity index (χ0v) is 8.36. The fourth-order valence-electron chi connectivity index (χ4n) is 0.614. The van der Waals surface area contributed by atoms with Crippen molar-refractivity contribution in [2.24, 2.45) is 0 Å². The molecule has 0 saturated carbocycles. The number of rotatable bonds is 4. The second kappa shape index (κ2) is 4.18. The average molecular weight is 195 g/mol. The monoisotopic (exact) mass is 195 g/mol. The third-order valence-electron chi connectivity index (χ3n) is 1.06. The second-order valence-electron chi connectivity index (χ2n) is 3.53. The predicted molar refractivity (Wildman–Crippen MR) is 45.5 cm³/mol. The molecule has 6 heteroatoms. The summed E-state index contributed by atoms with van der Waals surface area (Å²) in [7, 11) is -4.28. The molecule has 2 N–H and O–H groups in total. The minimum atomic E-state index is -4.28. The van der Waals surface area contributed by atoms with Crippen LogP contribution in [-0.4, -0.2) is 31.6 Å². The van der Waals surface area contributed by atoms with E-state index in [9.17, 15) is 13.0 Å². The van der Waals surface area contributed by atoms with Crippen LogP contribution in [0.3, 0.4) is 0 Å². The van der Waals surface area contributed by atoms with Gasteiger partial charge in [0.05, 0.1) is 0 Å². The summed E-state index contributed by atoms with van der Waals surface area (Å²) < 4.78 is 32.0. The van der Waals surface area contributed by atoms with Gasteiger partial charge in [-0.3, -0.25) is 0 Å². The van der Waals surface area contributed by atoms with Crippen LogP contribution in [0.15, 0.2) is 0 Å². The quantitative estimate of drug-likeness (QED) is 0.464. The van der Waals surface area contributed by atoms with Gasteiger partial charge in [-0.05, 0) is 20.8 Å². The van der Waals surface area contributed by atoms with Gasteiger partial charge in [0.2, 0.25) is 0 Å². The Morgan fingerprint density at radius 1 is 1.25 bits per heavy atom. The van der Waals surface area contributed by atoms with Crippen molar-refractivity contribution in [3.05, 3.63) is 0 Å². The summed E-state index contributed by atoms with van der Waals surface area (Å²) in [5.74, 6) is 0. The first kappa shape index (κ1) is 11.8. The van der Waals surface area contributed by atoms with Crippen LogP contribution in [0, 0.1) is 0 Å². The molecule has 0 amide bonds. The highest BCUT2D eigenvalue weighted by Crippen LogP contribution is 1.96. The van der Waals surface area contributed by atoms with Crippen molar-refractivity contribution in [3.8, 4) is 0 Å². The molecule has 0 unspecified atom stereocenters. The lowest BCUT2D eigenvalue weighted by atomic mass is 10.1. The molecule has 0 rings (SSSR count). The zero-order valence-electron chi connectivity index (χ0n) is 7.55. The highest BCUT2D eigenvalue weighted by molar-refractivity contribution is 7.83. The molecule has 0 atom stereocenters. The maximum Gasteiger partial charge on any atom is 0.159 e. The van der Waals surface area contributed by atoms with Crippen molar-refractivity contribution in [1.82, 2.24) is 10.0 Å². The summed E-state index contributed by atoms with van der Waals surface area (Å²) in [6.45, 7) is 6.45. The smallest absolute Gasteiger partial charge is 0.159 e. The largest absolute Gasteiger partial charge is 0.735 e. The second-order valence-corrected chi connectivity index (χ2v) is 4.72. The van der Waals surface area contributed by atoms with Crippen LogP contribution in [0.5, 0.6) is 0 Å². The summed E-state index contributed by atoms with van der Waals surface area (Å²) in [5, 5.41) is 3.03. The van der Waals surface area contributed by atoms with Gasteiger partial charge in [-0.2, -0.15) is 0 Å². The van der Waals surface area contributed by atoms with E-state index in [-0.39, 0.29) is 12.1 Å². The van der Waals surface area contributed by atoms with Crippen molar-refractivity contribution >= 4 is 10.3 Å². The molecule has 74 valence electrons. The fraction of sp³-hybridized carbons (Fsp3) is 1.00. The lowest BCUT2D eigenvalue weighted by Crippen LogP contribution is -2.41. The summed E-state index contributed by atoms with van der Waals surface area (Å²) in [5.41, 5.74) is -0.0612. The SMILES string of the molecule is CC(C)(C)NCCNS(=O)(=O)[O-]. The molecule has 0 saturated heterocycles. The van der Waals surface area contributed by atoms with Crippen molar-refractivity contribution in [2.45, 2.75) is 26.3 Å². The van der Waals surface area contributed by atoms with E-state index in [4.69, 9.17) is 0 Å². The van der Waals surface area contributed by atoms with Gasteiger partial charge in [-0.25, -0.2) is 13.1 Å². The Labute approximate surface area is 73.4 Å². The topological polar surface area (TPSA) is 81.3 Å². The van der Waals surface area contributed by atoms with E-state index in [1.807, 2.05) is 25.5 Å². The Morgan fingerprint density at radius 3 is 2.08 bits per heavy atom. The van der Waals surface area contributed by atoms with E-state index in [2.05, 4.69) is 5.32 Å². The standard InChI is InChI=1S/C6H16N2O3S/c1-6(2,3)7-4-5-8-12(9,10)11/h7-8H,4-5H2,1-3H3,(H,9,10,11)/p-1. The Hall–Kier alpha value is -0.170. The molecule has 0 aliphatic rings. The van der Waals surface area contributed by atoms with Crippen LogP contribution < -0.4 is 10.0 Å². The van der Waals surface area contributed by atoms with Gasteiger partial charge in [0, 0.05) is 18.6 Å². The van der Waals surface area contributed by atoms with E-state index < -0.39 is 10.3 Å². The first-order chi connectivity index (χ1) is 5.21. The van der Waals surface area contributed by atoms with Gasteiger partial charge in [0.25, 0.3) is 0 Å². The normalized spacial score (nSPS) is 13.3. The van der Waals surface area contributed by atoms with Gasteiger partial charge in [-0.1, -0.05) is 0 Å². The minimum Gasteiger partial charge on any atom is -0.735 e. The molecule has 5 nitrogen and oxygen atoms in total. The molecule has 0 bridgehead atoms. The number of hydrogen-bond acceptors (Lipinski definition) is 4. The summed E-state index contributed by atoms with van der Waals surface area (Å²) in [6.07, 6.45) is 0. The molecule has 0 aliphatic heterocycles. The molecule has 0 radical (unpaired) electrons. The Balaban J connectivity index is 3.48. The first-order valence-corrected chi connectivity index (χ1v) is 5.07. The van der Waals surface area contributed by atoms with Crippen molar-refractivity contribution in [2.75, 3.05) is 13.1 Å². The van der Waals surface area contributed by atoms with Crippen LogP contribution in [0.1, 0.15) is 20.8 Å². The third kappa shape index (κ3) is 9.83. The van der Waals surface area contributed by atoms with Crippen LogP contribution in [0.2, 0.25) is 0 Å². The summed E-state index contributed by atoms with van der Waals surface area (Å²) in [4.78, 5) is 0. The number of nitrogens with one attached hydrogen (secondary N) is 2. The highest BCUT2D eigenvalue weighted by atomic mass is 32.2. The van der Waals surface area contributed by atoms with E-state index in [1.54, 1.807) is 0 Å². The minimum absolute atomic E-state index is 0.0612. The molecule has 0 aromatic carbocycles. The van der Waals surface area contributed by atoms with Gasteiger partial charge in [0.1, 0.15) is 0 Å². The molecule has 0 aromatic heterocycles. The van der Waals surface area contributed by atoms with Crippen LogP contribution in [0.4, 0.5) is 0 Å². The predicted octanol–water partition coefficient (Wildman–Crippen LogP) is -0.576. The fourth-order valence-corrected chi connectivity index (χ4v) is 0.966. The molecule has 0 heterocycles. The molecular weight excluding hydrogens is 180 g/mol. The Bertz CT molecular complexity index is 217. The van der Waals surface area contributed by atoms with Crippen molar-refractivity contribution in [3.63, 3.8) is 0 Å². The average Bonchev–Trinajstić information content (AvgIpc) is 1.76. The van der Waals surface area contributed by atoms with E-state index in [0.29, 0.717) is 6.54 Å². The molecule has 0 aromatic rings.